The minimum absolute atomic E-state index is 0.212. The Morgan fingerprint density at radius 2 is 1.82 bits per heavy atom. The number of benzene rings is 2. The Kier molecular flexibility index (Phi) is 4.79. The smallest absolute Gasteiger partial charge is 0.262 e. The third-order valence-electron chi connectivity index (χ3n) is 4.73. The van der Waals surface area contributed by atoms with Crippen molar-refractivity contribution in [1.82, 2.24) is 9.55 Å². The lowest BCUT2D eigenvalue weighted by molar-refractivity contribution is -0.118. The van der Waals surface area contributed by atoms with E-state index in [0.717, 1.165) is 21.7 Å². The quantitative estimate of drug-likeness (QED) is 0.553. The SMILES string of the molecule is Cc1ccccc1NC(=O)[C@H](C)n1cnc2sc(-c3ccccc3)cc2c1=O. The highest BCUT2D eigenvalue weighted by Gasteiger charge is 2.19. The molecule has 140 valence electrons. The van der Waals surface area contributed by atoms with Crippen molar-refractivity contribution in [2.24, 2.45) is 0 Å². The van der Waals surface area contributed by atoms with Crippen molar-refractivity contribution in [1.29, 1.82) is 0 Å². The van der Waals surface area contributed by atoms with Crippen LogP contribution < -0.4 is 10.9 Å². The maximum atomic E-state index is 13.0. The Balaban J connectivity index is 1.67. The van der Waals surface area contributed by atoms with Gasteiger partial charge in [-0.1, -0.05) is 48.5 Å². The Bertz CT molecular complexity index is 1210. The van der Waals surface area contributed by atoms with Gasteiger partial charge in [-0.2, -0.15) is 0 Å². The minimum Gasteiger partial charge on any atom is -0.324 e. The number of carbonyl (C=O) groups is 1. The summed E-state index contributed by atoms with van der Waals surface area (Å²) in [4.78, 5) is 31.7. The molecule has 0 unspecified atom stereocenters. The van der Waals surface area contributed by atoms with Crippen molar-refractivity contribution in [2.45, 2.75) is 19.9 Å². The number of hydrogen-bond donors (Lipinski definition) is 1. The number of carbonyl (C=O) groups excluding carboxylic acids is 1. The summed E-state index contributed by atoms with van der Waals surface area (Å²) in [7, 11) is 0. The van der Waals surface area contributed by atoms with E-state index < -0.39 is 6.04 Å². The minimum atomic E-state index is -0.677. The zero-order chi connectivity index (χ0) is 19.7. The maximum absolute atomic E-state index is 13.0. The van der Waals surface area contributed by atoms with Crippen LogP contribution in [0.25, 0.3) is 20.7 Å². The maximum Gasteiger partial charge on any atom is 0.262 e. The average molecular weight is 389 g/mol. The Labute approximate surface area is 166 Å². The fourth-order valence-electron chi connectivity index (χ4n) is 3.03. The third kappa shape index (κ3) is 3.34. The summed E-state index contributed by atoms with van der Waals surface area (Å²) in [5.74, 6) is -0.254. The molecular weight excluding hydrogens is 370 g/mol. The van der Waals surface area contributed by atoms with Gasteiger partial charge < -0.3 is 5.32 Å². The highest BCUT2D eigenvalue weighted by atomic mass is 32.1. The number of aryl methyl sites for hydroxylation is 1. The van der Waals surface area contributed by atoms with Gasteiger partial charge in [-0.3, -0.25) is 14.2 Å². The first-order valence-corrected chi connectivity index (χ1v) is 9.79. The molecule has 2 aromatic carbocycles. The van der Waals surface area contributed by atoms with Crippen LogP contribution in [0.5, 0.6) is 0 Å². The highest BCUT2D eigenvalue weighted by Crippen LogP contribution is 2.30. The first-order chi connectivity index (χ1) is 13.5. The molecule has 4 aromatic rings. The van der Waals surface area contributed by atoms with Crippen LogP contribution in [0.4, 0.5) is 5.69 Å². The number of nitrogens with zero attached hydrogens (tertiary/aromatic N) is 2. The predicted molar refractivity (Wildman–Crippen MR) is 114 cm³/mol. The highest BCUT2D eigenvalue weighted by molar-refractivity contribution is 7.21. The van der Waals surface area contributed by atoms with Crippen LogP contribution >= 0.6 is 11.3 Å². The second-order valence-electron chi connectivity index (χ2n) is 6.63. The van der Waals surface area contributed by atoms with Gasteiger partial charge in [0.2, 0.25) is 5.91 Å². The molecule has 28 heavy (non-hydrogen) atoms. The molecule has 4 rings (SSSR count). The predicted octanol–water partition coefficient (Wildman–Crippen LogP) is 4.63. The molecule has 5 nitrogen and oxygen atoms in total. The topological polar surface area (TPSA) is 64.0 Å². The molecule has 0 aliphatic carbocycles. The van der Waals surface area contributed by atoms with E-state index in [0.29, 0.717) is 10.2 Å². The standard InChI is InChI=1S/C22H19N3O2S/c1-14-8-6-7-11-18(14)24-20(26)15(2)25-13-23-21-17(22(25)27)12-19(28-21)16-9-4-3-5-10-16/h3-13,15H,1-2H3,(H,24,26)/t15-/m0/s1. The molecule has 0 spiro atoms. The molecule has 0 radical (unpaired) electrons. The lowest BCUT2D eigenvalue weighted by Gasteiger charge is -2.15. The zero-order valence-corrected chi connectivity index (χ0v) is 16.4. The van der Waals surface area contributed by atoms with Gasteiger partial charge in [0.05, 0.1) is 11.7 Å². The van der Waals surface area contributed by atoms with Crippen LogP contribution in [-0.2, 0) is 4.79 Å². The van der Waals surface area contributed by atoms with Crippen molar-refractivity contribution >= 4 is 33.1 Å². The number of hydrogen-bond acceptors (Lipinski definition) is 4. The van der Waals surface area contributed by atoms with E-state index in [-0.39, 0.29) is 11.5 Å². The first kappa shape index (κ1) is 18.1. The summed E-state index contributed by atoms with van der Waals surface area (Å²) < 4.78 is 1.39. The number of para-hydroxylation sites is 1. The Hall–Kier alpha value is -3.25. The van der Waals surface area contributed by atoms with E-state index in [2.05, 4.69) is 10.3 Å². The van der Waals surface area contributed by atoms with Crippen molar-refractivity contribution < 1.29 is 4.79 Å². The molecular formula is C22H19N3O2S. The normalized spacial score (nSPS) is 12.1. The molecule has 2 aromatic heterocycles. The largest absolute Gasteiger partial charge is 0.324 e. The average Bonchev–Trinajstić information content (AvgIpc) is 3.15. The molecule has 1 amide bonds. The zero-order valence-electron chi connectivity index (χ0n) is 15.5. The number of thiophene rings is 1. The lowest BCUT2D eigenvalue weighted by atomic mass is 10.2. The number of fused-ring (bicyclic) bond motifs is 1. The fourth-order valence-corrected chi connectivity index (χ4v) is 4.03. The molecule has 0 saturated heterocycles. The van der Waals surface area contributed by atoms with Crippen molar-refractivity contribution in [3.63, 3.8) is 0 Å². The number of rotatable bonds is 4. The van der Waals surface area contributed by atoms with E-state index in [1.54, 1.807) is 6.92 Å². The first-order valence-electron chi connectivity index (χ1n) is 8.97. The van der Waals surface area contributed by atoms with Gasteiger partial charge in [0.25, 0.3) is 5.56 Å². The lowest BCUT2D eigenvalue weighted by Crippen LogP contribution is -2.31. The van der Waals surface area contributed by atoms with Crippen LogP contribution in [-0.4, -0.2) is 15.5 Å². The Morgan fingerprint density at radius 3 is 2.57 bits per heavy atom. The van der Waals surface area contributed by atoms with Gasteiger partial charge in [0.1, 0.15) is 10.9 Å². The monoisotopic (exact) mass is 389 g/mol. The molecule has 0 aliphatic heterocycles. The third-order valence-corrected chi connectivity index (χ3v) is 5.83. The summed E-state index contributed by atoms with van der Waals surface area (Å²) in [6.45, 7) is 3.63. The summed E-state index contributed by atoms with van der Waals surface area (Å²) in [6.07, 6.45) is 1.46. The van der Waals surface area contributed by atoms with Crippen LogP contribution in [0.3, 0.4) is 0 Å². The summed E-state index contributed by atoms with van der Waals surface area (Å²) in [6, 6.07) is 18.6. The second kappa shape index (κ2) is 7.40. The molecule has 0 saturated carbocycles. The van der Waals surface area contributed by atoms with Gasteiger partial charge >= 0.3 is 0 Å². The van der Waals surface area contributed by atoms with Crippen LogP contribution in [0.15, 0.2) is 71.8 Å². The molecule has 0 fully saturated rings. The van der Waals surface area contributed by atoms with E-state index >= 15 is 0 Å². The van der Waals surface area contributed by atoms with Gasteiger partial charge in [-0.05, 0) is 37.1 Å². The van der Waals surface area contributed by atoms with E-state index in [1.807, 2.05) is 67.6 Å². The van der Waals surface area contributed by atoms with Crippen LogP contribution in [0.2, 0.25) is 0 Å². The molecule has 0 bridgehead atoms. The van der Waals surface area contributed by atoms with Crippen molar-refractivity contribution in [3.05, 3.63) is 82.9 Å². The molecule has 1 N–H and O–H groups in total. The number of anilines is 1. The van der Waals surface area contributed by atoms with Gasteiger partial charge in [-0.15, -0.1) is 11.3 Å². The Morgan fingerprint density at radius 1 is 1.11 bits per heavy atom. The summed E-state index contributed by atoms with van der Waals surface area (Å²) >= 11 is 1.47. The number of nitrogens with one attached hydrogen (secondary N) is 1. The molecule has 6 heteroatoms. The number of aromatic nitrogens is 2. The van der Waals surface area contributed by atoms with Crippen LogP contribution in [0, 0.1) is 6.92 Å². The fraction of sp³-hybridized carbons (Fsp3) is 0.136. The number of amides is 1. The van der Waals surface area contributed by atoms with Crippen molar-refractivity contribution in [3.8, 4) is 10.4 Å². The molecule has 0 aliphatic rings. The van der Waals surface area contributed by atoms with Gasteiger partial charge in [0.15, 0.2) is 0 Å². The molecule has 1 atom stereocenters. The van der Waals surface area contributed by atoms with E-state index in [4.69, 9.17) is 0 Å². The van der Waals surface area contributed by atoms with Gasteiger partial charge in [0, 0.05) is 10.6 Å². The summed E-state index contributed by atoms with van der Waals surface area (Å²) in [5.41, 5.74) is 2.54. The van der Waals surface area contributed by atoms with Crippen LogP contribution in [0.1, 0.15) is 18.5 Å². The second-order valence-corrected chi connectivity index (χ2v) is 7.66. The molecule has 2 heterocycles. The van der Waals surface area contributed by atoms with E-state index in [9.17, 15) is 9.59 Å². The van der Waals surface area contributed by atoms with E-state index in [1.165, 1.54) is 22.2 Å². The van der Waals surface area contributed by atoms with Gasteiger partial charge in [-0.25, -0.2) is 4.98 Å². The summed E-state index contributed by atoms with van der Waals surface area (Å²) in [5, 5.41) is 3.42. The van der Waals surface area contributed by atoms with Crippen molar-refractivity contribution in [2.75, 3.05) is 5.32 Å².